The van der Waals surface area contributed by atoms with Crippen LogP contribution in [0.1, 0.15) is 43.1 Å². The standard InChI is InChI=1S/C10H17N3O2S/c1-6(14)5-11-9(15)7-8(10(2,3)4)12-13-16-7/h6,14H,5H2,1-4H3,(H,11,15)/t6-/m1/s1. The highest BCUT2D eigenvalue weighted by Crippen LogP contribution is 2.25. The highest BCUT2D eigenvalue weighted by atomic mass is 32.1. The lowest BCUT2D eigenvalue weighted by atomic mass is 9.91. The fourth-order valence-corrected chi connectivity index (χ4v) is 1.94. The van der Waals surface area contributed by atoms with Crippen LogP contribution in [-0.4, -0.2) is 33.2 Å². The number of rotatable bonds is 3. The summed E-state index contributed by atoms with van der Waals surface area (Å²) in [7, 11) is 0. The van der Waals surface area contributed by atoms with Crippen molar-refractivity contribution in [2.75, 3.05) is 6.54 Å². The van der Waals surface area contributed by atoms with E-state index in [9.17, 15) is 4.79 Å². The number of hydrogen-bond acceptors (Lipinski definition) is 5. The predicted molar refractivity (Wildman–Crippen MR) is 62.6 cm³/mol. The first-order chi connectivity index (χ1) is 7.32. The molecule has 0 fully saturated rings. The van der Waals surface area contributed by atoms with Crippen molar-refractivity contribution in [2.45, 2.75) is 39.2 Å². The summed E-state index contributed by atoms with van der Waals surface area (Å²) in [6.45, 7) is 7.80. The smallest absolute Gasteiger partial charge is 0.265 e. The van der Waals surface area contributed by atoms with Gasteiger partial charge in [0.15, 0.2) is 0 Å². The molecule has 90 valence electrons. The Kier molecular flexibility index (Phi) is 3.98. The zero-order valence-electron chi connectivity index (χ0n) is 9.94. The largest absolute Gasteiger partial charge is 0.392 e. The molecule has 5 nitrogen and oxygen atoms in total. The van der Waals surface area contributed by atoms with Crippen LogP contribution in [0.25, 0.3) is 0 Å². The lowest BCUT2D eigenvalue weighted by molar-refractivity contribution is 0.0925. The third-order valence-electron chi connectivity index (χ3n) is 1.96. The molecule has 0 bridgehead atoms. The van der Waals surface area contributed by atoms with Crippen molar-refractivity contribution in [3.63, 3.8) is 0 Å². The summed E-state index contributed by atoms with van der Waals surface area (Å²) in [6, 6.07) is 0. The van der Waals surface area contributed by atoms with E-state index in [1.165, 1.54) is 0 Å². The van der Waals surface area contributed by atoms with Crippen LogP contribution in [0.15, 0.2) is 0 Å². The van der Waals surface area contributed by atoms with Crippen LogP contribution in [0.5, 0.6) is 0 Å². The molecular weight excluding hydrogens is 226 g/mol. The van der Waals surface area contributed by atoms with Gasteiger partial charge < -0.3 is 10.4 Å². The number of nitrogens with one attached hydrogen (secondary N) is 1. The summed E-state index contributed by atoms with van der Waals surface area (Å²) < 4.78 is 3.81. The van der Waals surface area contributed by atoms with E-state index in [1.807, 2.05) is 20.8 Å². The van der Waals surface area contributed by atoms with Crippen LogP contribution in [0.4, 0.5) is 0 Å². The van der Waals surface area contributed by atoms with Crippen LogP contribution >= 0.6 is 11.5 Å². The molecular formula is C10H17N3O2S. The molecule has 0 aliphatic heterocycles. The van der Waals surface area contributed by atoms with Crippen molar-refractivity contribution < 1.29 is 9.90 Å². The first-order valence-corrected chi connectivity index (χ1v) is 5.89. The van der Waals surface area contributed by atoms with E-state index in [-0.39, 0.29) is 17.9 Å². The van der Waals surface area contributed by atoms with E-state index >= 15 is 0 Å². The second-order valence-corrected chi connectivity index (χ2v) is 5.51. The molecule has 1 atom stereocenters. The first-order valence-electron chi connectivity index (χ1n) is 5.11. The van der Waals surface area contributed by atoms with Gasteiger partial charge in [-0.2, -0.15) is 0 Å². The molecule has 1 heterocycles. The number of carbonyl (C=O) groups excluding carboxylic acids is 1. The average Bonchev–Trinajstić information content (AvgIpc) is 2.61. The van der Waals surface area contributed by atoms with Crippen LogP contribution in [-0.2, 0) is 5.41 Å². The number of nitrogens with zero attached hydrogens (tertiary/aromatic N) is 2. The molecule has 0 aliphatic rings. The lowest BCUT2D eigenvalue weighted by Gasteiger charge is -2.16. The Labute approximate surface area is 99.0 Å². The fourth-order valence-electron chi connectivity index (χ4n) is 1.15. The monoisotopic (exact) mass is 243 g/mol. The Morgan fingerprint density at radius 3 is 2.69 bits per heavy atom. The van der Waals surface area contributed by atoms with E-state index in [4.69, 9.17) is 5.11 Å². The third-order valence-corrected chi connectivity index (χ3v) is 2.69. The molecule has 1 amide bonds. The Balaban J connectivity index is 2.81. The van der Waals surface area contributed by atoms with E-state index in [2.05, 4.69) is 14.9 Å². The molecule has 1 rings (SSSR count). The molecule has 0 radical (unpaired) electrons. The number of aromatic nitrogens is 2. The summed E-state index contributed by atoms with van der Waals surface area (Å²) in [5.74, 6) is -0.221. The summed E-state index contributed by atoms with van der Waals surface area (Å²) >= 11 is 1.08. The average molecular weight is 243 g/mol. The van der Waals surface area contributed by atoms with Crippen molar-refractivity contribution in [3.05, 3.63) is 10.6 Å². The molecule has 0 saturated heterocycles. The molecule has 0 aromatic carbocycles. The molecule has 2 N–H and O–H groups in total. The zero-order chi connectivity index (χ0) is 12.3. The summed E-state index contributed by atoms with van der Waals surface area (Å²) in [6.07, 6.45) is -0.553. The Morgan fingerprint density at radius 2 is 2.19 bits per heavy atom. The van der Waals surface area contributed by atoms with Gasteiger partial charge in [-0.25, -0.2) is 0 Å². The van der Waals surface area contributed by atoms with Gasteiger partial charge in [-0.3, -0.25) is 4.79 Å². The van der Waals surface area contributed by atoms with Gasteiger partial charge in [-0.05, 0) is 18.5 Å². The van der Waals surface area contributed by atoms with Crippen LogP contribution < -0.4 is 5.32 Å². The maximum absolute atomic E-state index is 11.8. The normalized spacial score (nSPS) is 13.6. The summed E-state index contributed by atoms with van der Waals surface area (Å²) in [4.78, 5) is 12.3. The number of amides is 1. The van der Waals surface area contributed by atoms with Gasteiger partial charge in [-0.15, -0.1) is 5.10 Å². The molecule has 6 heteroatoms. The number of aliphatic hydroxyl groups is 1. The number of aliphatic hydroxyl groups excluding tert-OH is 1. The Bertz CT molecular complexity index is 368. The van der Waals surface area contributed by atoms with Gasteiger partial charge in [0.25, 0.3) is 5.91 Å². The molecule has 0 saturated carbocycles. The van der Waals surface area contributed by atoms with Crippen molar-refractivity contribution in [3.8, 4) is 0 Å². The van der Waals surface area contributed by atoms with E-state index < -0.39 is 6.10 Å². The summed E-state index contributed by atoms with van der Waals surface area (Å²) in [5, 5.41) is 15.7. The van der Waals surface area contributed by atoms with Crippen molar-refractivity contribution in [2.24, 2.45) is 0 Å². The quantitative estimate of drug-likeness (QED) is 0.828. The number of hydrogen-bond donors (Lipinski definition) is 2. The maximum Gasteiger partial charge on any atom is 0.265 e. The van der Waals surface area contributed by atoms with E-state index in [1.54, 1.807) is 6.92 Å². The van der Waals surface area contributed by atoms with Crippen LogP contribution in [0.3, 0.4) is 0 Å². The predicted octanol–water partition coefficient (Wildman–Crippen LogP) is 0.946. The number of carbonyl (C=O) groups is 1. The Morgan fingerprint density at radius 1 is 1.56 bits per heavy atom. The van der Waals surface area contributed by atoms with Crippen molar-refractivity contribution in [1.29, 1.82) is 0 Å². The van der Waals surface area contributed by atoms with Gasteiger partial charge in [0.2, 0.25) is 0 Å². The fraction of sp³-hybridized carbons (Fsp3) is 0.700. The van der Waals surface area contributed by atoms with Gasteiger partial charge >= 0.3 is 0 Å². The first kappa shape index (κ1) is 13.1. The summed E-state index contributed by atoms with van der Waals surface area (Å²) in [5.41, 5.74) is 0.491. The molecule has 0 unspecified atom stereocenters. The molecule has 1 aromatic heterocycles. The third kappa shape index (κ3) is 3.24. The van der Waals surface area contributed by atoms with Gasteiger partial charge in [0, 0.05) is 12.0 Å². The van der Waals surface area contributed by atoms with Crippen LogP contribution in [0.2, 0.25) is 0 Å². The molecule has 0 spiro atoms. The maximum atomic E-state index is 11.8. The van der Waals surface area contributed by atoms with Crippen molar-refractivity contribution in [1.82, 2.24) is 14.9 Å². The van der Waals surface area contributed by atoms with Crippen LogP contribution in [0, 0.1) is 0 Å². The highest BCUT2D eigenvalue weighted by Gasteiger charge is 2.26. The Hall–Kier alpha value is -1.01. The van der Waals surface area contributed by atoms with Gasteiger partial charge in [0.1, 0.15) is 4.88 Å². The lowest BCUT2D eigenvalue weighted by Crippen LogP contribution is -2.31. The molecule has 0 aliphatic carbocycles. The minimum Gasteiger partial charge on any atom is -0.392 e. The molecule has 1 aromatic rings. The van der Waals surface area contributed by atoms with E-state index in [0.29, 0.717) is 10.6 Å². The molecule has 16 heavy (non-hydrogen) atoms. The topological polar surface area (TPSA) is 75.1 Å². The minimum absolute atomic E-state index is 0.204. The second kappa shape index (κ2) is 4.88. The van der Waals surface area contributed by atoms with Crippen molar-refractivity contribution >= 4 is 17.4 Å². The van der Waals surface area contributed by atoms with E-state index in [0.717, 1.165) is 11.5 Å². The zero-order valence-corrected chi connectivity index (χ0v) is 10.8. The van der Waals surface area contributed by atoms with Gasteiger partial charge in [0.05, 0.1) is 11.8 Å². The highest BCUT2D eigenvalue weighted by molar-refractivity contribution is 7.08. The SMILES string of the molecule is C[C@@H](O)CNC(=O)c1snnc1C(C)(C)C. The second-order valence-electron chi connectivity index (χ2n) is 4.76. The minimum atomic E-state index is -0.553. The van der Waals surface area contributed by atoms with Gasteiger partial charge in [-0.1, -0.05) is 25.3 Å².